The first-order valence-electron chi connectivity index (χ1n) is 6.41. The number of sulfone groups is 1. The van der Waals surface area contributed by atoms with Crippen molar-refractivity contribution in [3.63, 3.8) is 0 Å². The lowest BCUT2D eigenvalue weighted by atomic mass is 10.1. The lowest BCUT2D eigenvalue weighted by molar-refractivity contribution is 0.588. The fourth-order valence-corrected chi connectivity index (χ4v) is 2.63. The van der Waals surface area contributed by atoms with Crippen molar-refractivity contribution in [1.82, 2.24) is 0 Å². The summed E-state index contributed by atoms with van der Waals surface area (Å²) in [5, 5.41) is 2.87. The number of hydrogen-bond donors (Lipinski definition) is 1. The largest absolute Gasteiger partial charge is 0.384 e. The molecule has 3 nitrogen and oxygen atoms in total. The maximum absolute atomic E-state index is 11.6. The van der Waals surface area contributed by atoms with Crippen LogP contribution in [-0.2, 0) is 16.3 Å². The van der Waals surface area contributed by atoms with Gasteiger partial charge in [0.05, 0.1) is 11.0 Å². The number of hydrogen-bond acceptors (Lipinski definition) is 3. The van der Waals surface area contributed by atoms with Gasteiger partial charge in [0.2, 0.25) is 0 Å². The van der Waals surface area contributed by atoms with Gasteiger partial charge in [-0.05, 0) is 50.5 Å². The standard InChI is InChI=1S/C14H23NO2S/c1-5-13-6-7-14(10-12(13)4)15-8-9-18(16,17)11(2)3/h6-7,10-11,15H,5,8-9H2,1-4H3. The van der Waals surface area contributed by atoms with Gasteiger partial charge in [0.1, 0.15) is 0 Å². The van der Waals surface area contributed by atoms with E-state index in [1.165, 1.54) is 11.1 Å². The second-order valence-corrected chi connectivity index (χ2v) is 7.51. The summed E-state index contributed by atoms with van der Waals surface area (Å²) < 4.78 is 23.3. The predicted molar refractivity (Wildman–Crippen MR) is 78.0 cm³/mol. The minimum absolute atomic E-state index is 0.180. The van der Waals surface area contributed by atoms with Crippen molar-refractivity contribution >= 4 is 15.5 Å². The van der Waals surface area contributed by atoms with Crippen molar-refractivity contribution in [1.29, 1.82) is 0 Å². The third-order valence-electron chi connectivity index (χ3n) is 3.16. The van der Waals surface area contributed by atoms with E-state index in [9.17, 15) is 8.42 Å². The Labute approximate surface area is 111 Å². The molecule has 0 bridgehead atoms. The van der Waals surface area contributed by atoms with E-state index < -0.39 is 9.84 Å². The molecule has 0 radical (unpaired) electrons. The highest BCUT2D eigenvalue weighted by Crippen LogP contribution is 2.15. The Morgan fingerprint density at radius 1 is 1.28 bits per heavy atom. The zero-order chi connectivity index (χ0) is 13.8. The third-order valence-corrected chi connectivity index (χ3v) is 5.37. The molecule has 0 saturated carbocycles. The van der Waals surface area contributed by atoms with Crippen LogP contribution in [0, 0.1) is 6.92 Å². The van der Waals surface area contributed by atoms with Crippen LogP contribution < -0.4 is 5.32 Å². The molecule has 1 N–H and O–H groups in total. The molecule has 0 aliphatic heterocycles. The monoisotopic (exact) mass is 269 g/mol. The number of aryl methyl sites for hydroxylation is 2. The van der Waals surface area contributed by atoms with Gasteiger partial charge >= 0.3 is 0 Å². The van der Waals surface area contributed by atoms with Gasteiger partial charge in [-0.15, -0.1) is 0 Å². The van der Waals surface area contributed by atoms with Crippen LogP contribution in [-0.4, -0.2) is 26.0 Å². The summed E-state index contributed by atoms with van der Waals surface area (Å²) in [5.74, 6) is 0.180. The molecule has 102 valence electrons. The smallest absolute Gasteiger partial charge is 0.154 e. The van der Waals surface area contributed by atoms with E-state index in [4.69, 9.17) is 0 Å². The fourth-order valence-electron chi connectivity index (χ4n) is 1.78. The molecule has 0 fully saturated rings. The first kappa shape index (κ1) is 15.0. The molecular weight excluding hydrogens is 246 g/mol. The summed E-state index contributed by atoms with van der Waals surface area (Å²) in [5.41, 5.74) is 3.56. The Balaban J connectivity index is 2.57. The molecule has 0 aromatic heterocycles. The van der Waals surface area contributed by atoms with Gasteiger partial charge in [-0.3, -0.25) is 0 Å². The maximum atomic E-state index is 11.6. The number of anilines is 1. The zero-order valence-electron chi connectivity index (χ0n) is 11.7. The summed E-state index contributed by atoms with van der Waals surface area (Å²) in [4.78, 5) is 0. The Bertz CT molecular complexity index is 493. The SMILES string of the molecule is CCc1ccc(NCCS(=O)(=O)C(C)C)cc1C. The molecule has 1 aromatic rings. The van der Waals surface area contributed by atoms with Crippen molar-refractivity contribution in [3.8, 4) is 0 Å². The molecule has 0 aliphatic rings. The normalized spacial score (nSPS) is 11.8. The van der Waals surface area contributed by atoms with Crippen molar-refractivity contribution in [2.75, 3.05) is 17.6 Å². The van der Waals surface area contributed by atoms with Crippen LogP contribution in [0.5, 0.6) is 0 Å². The second-order valence-electron chi connectivity index (χ2n) is 4.84. The molecule has 1 rings (SSSR count). The quantitative estimate of drug-likeness (QED) is 0.864. The third kappa shape index (κ3) is 4.02. The van der Waals surface area contributed by atoms with Crippen LogP contribution in [0.1, 0.15) is 31.9 Å². The van der Waals surface area contributed by atoms with Gasteiger partial charge in [0.25, 0.3) is 0 Å². The summed E-state index contributed by atoms with van der Waals surface area (Å²) in [6.07, 6.45) is 1.02. The molecule has 0 aliphatic carbocycles. The van der Waals surface area contributed by atoms with Crippen molar-refractivity contribution < 1.29 is 8.42 Å². The first-order valence-corrected chi connectivity index (χ1v) is 8.13. The summed E-state index contributed by atoms with van der Waals surface area (Å²) in [6, 6.07) is 6.17. The lowest BCUT2D eigenvalue weighted by Crippen LogP contribution is -2.22. The van der Waals surface area contributed by atoms with E-state index in [1.807, 2.05) is 6.07 Å². The lowest BCUT2D eigenvalue weighted by Gasteiger charge is -2.11. The molecule has 0 atom stereocenters. The Morgan fingerprint density at radius 3 is 2.44 bits per heavy atom. The second kappa shape index (κ2) is 6.23. The van der Waals surface area contributed by atoms with Crippen molar-refractivity contribution in [2.24, 2.45) is 0 Å². The molecule has 0 heterocycles. The topological polar surface area (TPSA) is 46.2 Å². The first-order chi connectivity index (χ1) is 8.36. The van der Waals surface area contributed by atoms with Crippen LogP contribution in [0.15, 0.2) is 18.2 Å². The van der Waals surface area contributed by atoms with E-state index in [2.05, 4.69) is 31.3 Å². The Kier molecular flexibility index (Phi) is 5.20. The van der Waals surface area contributed by atoms with Gasteiger partial charge < -0.3 is 5.32 Å². The predicted octanol–water partition coefficient (Wildman–Crippen LogP) is 2.79. The van der Waals surface area contributed by atoms with Gasteiger partial charge in [0.15, 0.2) is 9.84 Å². The highest BCUT2D eigenvalue weighted by atomic mass is 32.2. The number of benzene rings is 1. The van der Waals surface area contributed by atoms with Crippen LogP contribution in [0.25, 0.3) is 0 Å². The molecule has 18 heavy (non-hydrogen) atoms. The van der Waals surface area contributed by atoms with Crippen LogP contribution in [0.4, 0.5) is 5.69 Å². The molecular formula is C14H23NO2S. The molecule has 1 aromatic carbocycles. The van der Waals surface area contributed by atoms with E-state index in [0.717, 1.165) is 12.1 Å². The highest BCUT2D eigenvalue weighted by Gasteiger charge is 2.15. The summed E-state index contributed by atoms with van der Waals surface area (Å²) >= 11 is 0. The molecule has 0 amide bonds. The minimum Gasteiger partial charge on any atom is -0.384 e. The van der Waals surface area contributed by atoms with Gasteiger partial charge in [-0.2, -0.15) is 0 Å². The van der Waals surface area contributed by atoms with Crippen LogP contribution >= 0.6 is 0 Å². The Hall–Kier alpha value is -1.03. The van der Waals surface area contributed by atoms with Crippen molar-refractivity contribution in [2.45, 2.75) is 39.4 Å². The molecule has 0 spiro atoms. The van der Waals surface area contributed by atoms with Crippen LogP contribution in [0.2, 0.25) is 0 Å². The molecule has 4 heteroatoms. The fraction of sp³-hybridized carbons (Fsp3) is 0.571. The molecule has 0 unspecified atom stereocenters. The average molecular weight is 269 g/mol. The summed E-state index contributed by atoms with van der Waals surface area (Å²) in [7, 11) is -2.95. The van der Waals surface area contributed by atoms with E-state index in [1.54, 1.807) is 13.8 Å². The van der Waals surface area contributed by atoms with Crippen LogP contribution in [0.3, 0.4) is 0 Å². The average Bonchev–Trinajstić information content (AvgIpc) is 2.29. The Morgan fingerprint density at radius 2 is 1.94 bits per heavy atom. The number of rotatable bonds is 6. The van der Waals surface area contributed by atoms with Crippen molar-refractivity contribution in [3.05, 3.63) is 29.3 Å². The highest BCUT2D eigenvalue weighted by molar-refractivity contribution is 7.92. The number of nitrogens with one attached hydrogen (secondary N) is 1. The molecule has 0 saturated heterocycles. The van der Waals surface area contributed by atoms with E-state index in [0.29, 0.717) is 6.54 Å². The minimum atomic E-state index is -2.95. The van der Waals surface area contributed by atoms with Gasteiger partial charge in [-0.25, -0.2) is 8.42 Å². The van der Waals surface area contributed by atoms with E-state index >= 15 is 0 Å². The maximum Gasteiger partial charge on any atom is 0.154 e. The van der Waals surface area contributed by atoms with E-state index in [-0.39, 0.29) is 11.0 Å². The van der Waals surface area contributed by atoms with Gasteiger partial charge in [0, 0.05) is 12.2 Å². The zero-order valence-corrected chi connectivity index (χ0v) is 12.5. The summed E-state index contributed by atoms with van der Waals surface area (Å²) in [6.45, 7) is 8.11. The van der Waals surface area contributed by atoms with Gasteiger partial charge in [-0.1, -0.05) is 13.0 Å².